The van der Waals surface area contributed by atoms with Crippen LogP contribution < -0.4 is 5.32 Å². The highest BCUT2D eigenvalue weighted by Crippen LogP contribution is 2.33. The number of benzene rings is 1. The maximum atomic E-state index is 12.2. The predicted octanol–water partition coefficient (Wildman–Crippen LogP) is 4.32. The van der Waals surface area contributed by atoms with Crippen LogP contribution in [0.15, 0.2) is 34.7 Å². The monoisotopic (exact) mass is 333 g/mol. The Morgan fingerprint density at radius 3 is 2.59 bits per heavy atom. The molecule has 1 aromatic carbocycles. The first-order valence-electron chi connectivity index (χ1n) is 6.51. The van der Waals surface area contributed by atoms with Crippen molar-refractivity contribution in [1.82, 2.24) is 10.2 Å². The van der Waals surface area contributed by atoms with Crippen molar-refractivity contribution < 1.29 is 9.21 Å². The lowest BCUT2D eigenvalue weighted by atomic mass is 10.2. The summed E-state index contributed by atoms with van der Waals surface area (Å²) in [5, 5.41) is 11.3. The Bertz CT molecular complexity index is 824. The summed E-state index contributed by atoms with van der Waals surface area (Å²) in [6.07, 6.45) is 0. The van der Waals surface area contributed by atoms with E-state index >= 15 is 0 Å². The Hall–Kier alpha value is -2.18. The van der Waals surface area contributed by atoms with Gasteiger partial charge in [0.15, 0.2) is 0 Å². The number of aryl methyl sites for hydroxylation is 2. The minimum absolute atomic E-state index is 0.189. The van der Waals surface area contributed by atoms with Crippen molar-refractivity contribution in [3.63, 3.8) is 0 Å². The zero-order valence-electron chi connectivity index (χ0n) is 11.9. The maximum absolute atomic E-state index is 12.2. The zero-order valence-corrected chi connectivity index (χ0v) is 13.5. The van der Waals surface area contributed by atoms with Gasteiger partial charge in [-0.3, -0.25) is 4.79 Å². The van der Waals surface area contributed by atoms with Gasteiger partial charge in [-0.05, 0) is 37.3 Å². The van der Waals surface area contributed by atoms with Gasteiger partial charge in [0.25, 0.3) is 11.8 Å². The highest BCUT2D eigenvalue weighted by Gasteiger charge is 2.15. The van der Waals surface area contributed by atoms with Gasteiger partial charge >= 0.3 is 0 Å². The number of carbonyl (C=O) groups is 1. The molecule has 0 spiro atoms. The average molecular weight is 334 g/mol. The minimum atomic E-state index is -0.189. The highest BCUT2D eigenvalue weighted by atomic mass is 35.5. The Morgan fingerprint density at radius 1 is 1.23 bits per heavy atom. The van der Waals surface area contributed by atoms with E-state index < -0.39 is 0 Å². The van der Waals surface area contributed by atoms with E-state index in [-0.39, 0.29) is 5.91 Å². The van der Waals surface area contributed by atoms with Crippen molar-refractivity contribution in [2.24, 2.45) is 0 Å². The number of carbonyl (C=O) groups excluding carboxylic acids is 1. The Labute approximate surface area is 135 Å². The van der Waals surface area contributed by atoms with Gasteiger partial charge in [0.1, 0.15) is 0 Å². The Morgan fingerprint density at radius 2 is 1.95 bits per heavy atom. The summed E-state index contributed by atoms with van der Waals surface area (Å²) < 4.78 is 5.40. The van der Waals surface area contributed by atoms with Gasteiger partial charge in [-0.25, -0.2) is 0 Å². The van der Waals surface area contributed by atoms with Crippen LogP contribution in [0.3, 0.4) is 0 Å². The molecule has 0 atom stereocenters. The number of amides is 1. The van der Waals surface area contributed by atoms with E-state index in [1.165, 1.54) is 11.3 Å². The van der Waals surface area contributed by atoms with Gasteiger partial charge in [-0.15, -0.1) is 21.5 Å². The molecule has 0 bridgehead atoms. The van der Waals surface area contributed by atoms with Gasteiger partial charge in [0.2, 0.25) is 5.89 Å². The molecule has 1 amide bonds. The van der Waals surface area contributed by atoms with Gasteiger partial charge in [-0.1, -0.05) is 11.6 Å². The third-order valence-corrected chi connectivity index (χ3v) is 4.30. The lowest BCUT2D eigenvalue weighted by Gasteiger charge is -2.04. The molecule has 0 saturated carbocycles. The highest BCUT2D eigenvalue weighted by molar-refractivity contribution is 7.15. The molecule has 0 unspecified atom stereocenters. The van der Waals surface area contributed by atoms with Gasteiger partial charge in [0, 0.05) is 22.4 Å². The summed E-state index contributed by atoms with van der Waals surface area (Å²) in [5.74, 6) is 0.774. The maximum Gasteiger partial charge on any atom is 0.257 e. The van der Waals surface area contributed by atoms with Crippen molar-refractivity contribution in [2.75, 3.05) is 5.32 Å². The SMILES string of the molecule is Cc1nnc(-c2cc(NC(=O)c3ccc(Cl)cc3)c(C)s2)o1. The van der Waals surface area contributed by atoms with E-state index in [1.54, 1.807) is 31.2 Å². The number of hydrogen-bond acceptors (Lipinski definition) is 5. The van der Waals surface area contributed by atoms with Gasteiger partial charge in [0.05, 0.1) is 10.6 Å². The molecule has 7 heteroatoms. The topological polar surface area (TPSA) is 68.0 Å². The molecule has 112 valence electrons. The van der Waals surface area contributed by atoms with Crippen molar-refractivity contribution in [3.05, 3.63) is 51.7 Å². The summed E-state index contributed by atoms with van der Waals surface area (Å²) in [6.45, 7) is 3.66. The molecule has 2 aromatic heterocycles. The van der Waals surface area contributed by atoms with Crippen LogP contribution in [-0.2, 0) is 0 Å². The summed E-state index contributed by atoms with van der Waals surface area (Å²) in [6, 6.07) is 8.57. The third-order valence-electron chi connectivity index (χ3n) is 3.01. The third kappa shape index (κ3) is 3.03. The number of nitrogens with one attached hydrogen (secondary N) is 1. The van der Waals surface area contributed by atoms with Crippen LogP contribution in [0.1, 0.15) is 21.1 Å². The summed E-state index contributed by atoms with van der Waals surface area (Å²) in [7, 11) is 0. The minimum Gasteiger partial charge on any atom is -0.420 e. The second-order valence-corrected chi connectivity index (χ2v) is 6.36. The second-order valence-electron chi connectivity index (χ2n) is 4.67. The van der Waals surface area contributed by atoms with Gasteiger partial charge < -0.3 is 9.73 Å². The molecule has 0 saturated heterocycles. The van der Waals surface area contributed by atoms with E-state index in [0.29, 0.717) is 22.4 Å². The van der Waals surface area contributed by atoms with Crippen LogP contribution >= 0.6 is 22.9 Å². The number of hydrogen-bond donors (Lipinski definition) is 1. The number of thiophene rings is 1. The van der Waals surface area contributed by atoms with Crippen molar-refractivity contribution in [2.45, 2.75) is 13.8 Å². The zero-order chi connectivity index (χ0) is 15.7. The van der Waals surface area contributed by atoms with E-state index in [1.807, 2.05) is 13.0 Å². The smallest absolute Gasteiger partial charge is 0.257 e. The molecule has 2 heterocycles. The van der Waals surface area contributed by atoms with E-state index in [2.05, 4.69) is 15.5 Å². The van der Waals surface area contributed by atoms with Crippen LogP contribution in [0, 0.1) is 13.8 Å². The molecular weight excluding hydrogens is 322 g/mol. The molecule has 1 N–H and O–H groups in total. The number of halogens is 1. The number of aromatic nitrogens is 2. The first-order valence-corrected chi connectivity index (χ1v) is 7.70. The number of rotatable bonds is 3. The van der Waals surface area contributed by atoms with Gasteiger partial charge in [-0.2, -0.15) is 0 Å². The first-order chi connectivity index (χ1) is 10.5. The van der Waals surface area contributed by atoms with Crippen molar-refractivity contribution in [3.8, 4) is 10.8 Å². The number of nitrogens with zero attached hydrogens (tertiary/aromatic N) is 2. The molecule has 0 fully saturated rings. The number of anilines is 1. The summed E-state index contributed by atoms with van der Waals surface area (Å²) in [5.41, 5.74) is 1.28. The molecule has 5 nitrogen and oxygen atoms in total. The standard InChI is InChI=1S/C15H12ClN3O2S/c1-8-12(7-13(22-8)15-19-18-9(2)21-15)17-14(20)10-3-5-11(16)6-4-10/h3-7H,1-2H3,(H,17,20). The molecule has 3 rings (SSSR count). The van der Waals surface area contributed by atoms with Crippen LogP contribution in [-0.4, -0.2) is 16.1 Å². The molecule has 0 aliphatic rings. The van der Waals surface area contributed by atoms with Crippen molar-refractivity contribution >= 4 is 34.5 Å². The Balaban J connectivity index is 1.82. The van der Waals surface area contributed by atoms with Crippen LogP contribution in [0.2, 0.25) is 5.02 Å². The largest absolute Gasteiger partial charge is 0.420 e. The fraction of sp³-hybridized carbons (Fsp3) is 0.133. The van der Waals surface area contributed by atoms with Crippen LogP contribution in [0.25, 0.3) is 10.8 Å². The molecule has 0 aliphatic heterocycles. The molecule has 22 heavy (non-hydrogen) atoms. The van der Waals surface area contributed by atoms with E-state index in [0.717, 1.165) is 15.4 Å². The van der Waals surface area contributed by atoms with Crippen molar-refractivity contribution in [1.29, 1.82) is 0 Å². The Kier molecular flexibility index (Phi) is 3.96. The van der Waals surface area contributed by atoms with Crippen LogP contribution in [0.4, 0.5) is 5.69 Å². The predicted molar refractivity (Wildman–Crippen MR) is 86.5 cm³/mol. The lowest BCUT2D eigenvalue weighted by molar-refractivity contribution is 0.102. The normalized spacial score (nSPS) is 10.7. The molecular formula is C15H12ClN3O2S. The molecule has 0 radical (unpaired) electrons. The first kappa shape index (κ1) is 14.7. The lowest BCUT2D eigenvalue weighted by Crippen LogP contribution is -2.11. The summed E-state index contributed by atoms with van der Waals surface area (Å²) >= 11 is 7.31. The quantitative estimate of drug-likeness (QED) is 0.775. The fourth-order valence-electron chi connectivity index (χ4n) is 1.90. The second kappa shape index (κ2) is 5.90. The summed E-state index contributed by atoms with van der Waals surface area (Å²) in [4.78, 5) is 14.0. The molecule has 3 aromatic rings. The average Bonchev–Trinajstić information content (AvgIpc) is 3.06. The molecule has 0 aliphatic carbocycles. The fourth-order valence-corrected chi connectivity index (χ4v) is 2.93. The van der Waals surface area contributed by atoms with E-state index in [4.69, 9.17) is 16.0 Å². The van der Waals surface area contributed by atoms with Crippen LogP contribution in [0.5, 0.6) is 0 Å². The van der Waals surface area contributed by atoms with E-state index in [9.17, 15) is 4.79 Å².